The highest BCUT2D eigenvalue weighted by atomic mass is 19.1. The van der Waals surface area contributed by atoms with Crippen molar-refractivity contribution < 1.29 is 13.2 Å². The maximum Gasteiger partial charge on any atom is 0.257 e. The first-order chi connectivity index (χ1) is 14.0. The predicted octanol–water partition coefficient (Wildman–Crippen LogP) is 4.28. The first kappa shape index (κ1) is 18.7. The summed E-state index contributed by atoms with van der Waals surface area (Å²) in [6.45, 7) is 1.08. The van der Waals surface area contributed by atoms with Gasteiger partial charge in [0, 0.05) is 29.6 Å². The van der Waals surface area contributed by atoms with Crippen LogP contribution >= 0.6 is 0 Å². The maximum absolute atomic E-state index is 14.2. The minimum absolute atomic E-state index is 0.333. The second kappa shape index (κ2) is 7.43. The Morgan fingerprint density at radius 2 is 1.97 bits per heavy atom. The largest absolute Gasteiger partial charge is 0.329 e. The highest BCUT2D eigenvalue weighted by Crippen LogP contribution is 2.31. The van der Waals surface area contributed by atoms with Crippen molar-refractivity contribution in [1.29, 1.82) is 0 Å². The van der Waals surface area contributed by atoms with Gasteiger partial charge in [0.1, 0.15) is 30.5 Å². The standard InChI is InChI=1S/C21H16F3N5/c1-13(11-22)3-4-14-7-16(24)9-17(8-14)28(2)20-18-10-15(23)5-6-19(18)29-12-25-27-21(29)26-20/h5-10,12-13H,11H2,1-2H3. The van der Waals surface area contributed by atoms with Crippen molar-refractivity contribution in [1.82, 2.24) is 19.6 Å². The third kappa shape index (κ3) is 3.59. The minimum Gasteiger partial charge on any atom is -0.329 e. The van der Waals surface area contributed by atoms with Gasteiger partial charge < -0.3 is 4.90 Å². The zero-order valence-electron chi connectivity index (χ0n) is 15.7. The summed E-state index contributed by atoms with van der Waals surface area (Å²) in [6, 6.07) is 8.58. The summed E-state index contributed by atoms with van der Waals surface area (Å²) in [4.78, 5) is 6.10. The molecule has 1 atom stereocenters. The average Bonchev–Trinajstić information content (AvgIpc) is 3.19. The van der Waals surface area contributed by atoms with E-state index in [9.17, 15) is 13.2 Å². The van der Waals surface area contributed by atoms with Gasteiger partial charge in [-0.1, -0.05) is 11.8 Å². The lowest BCUT2D eigenvalue weighted by molar-refractivity contribution is 0.438. The van der Waals surface area contributed by atoms with Gasteiger partial charge in [-0.15, -0.1) is 10.2 Å². The summed E-state index contributed by atoms with van der Waals surface area (Å²) >= 11 is 0. The number of alkyl halides is 1. The fourth-order valence-electron chi connectivity index (χ4n) is 2.99. The first-order valence-electron chi connectivity index (χ1n) is 8.87. The quantitative estimate of drug-likeness (QED) is 0.486. The van der Waals surface area contributed by atoms with Crippen LogP contribution in [0.5, 0.6) is 0 Å². The molecule has 0 saturated heterocycles. The van der Waals surface area contributed by atoms with E-state index in [1.807, 2.05) is 0 Å². The van der Waals surface area contributed by atoms with Crippen molar-refractivity contribution in [3.8, 4) is 11.8 Å². The van der Waals surface area contributed by atoms with E-state index in [-0.39, 0.29) is 0 Å². The molecule has 4 aromatic rings. The molecule has 0 N–H and O–H groups in total. The number of halogens is 3. The van der Waals surface area contributed by atoms with E-state index in [4.69, 9.17) is 0 Å². The van der Waals surface area contributed by atoms with Gasteiger partial charge in [-0.05, 0) is 43.3 Å². The molecule has 2 aromatic heterocycles. The Morgan fingerprint density at radius 3 is 2.76 bits per heavy atom. The third-order valence-electron chi connectivity index (χ3n) is 4.48. The molecule has 29 heavy (non-hydrogen) atoms. The number of aromatic nitrogens is 4. The highest BCUT2D eigenvalue weighted by molar-refractivity contribution is 5.93. The Bertz CT molecular complexity index is 1270. The van der Waals surface area contributed by atoms with Gasteiger partial charge in [0.05, 0.1) is 5.52 Å². The summed E-state index contributed by atoms with van der Waals surface area (Å²) < 4.78 is 42.5. The molecular formula is C21H16F3N5. The molecule has 0 bridgehead atoms. The zero-order valence-corrected chi connectivity index (χ0v) is 15.7. The summed E-state index contributed by atoms with van der Waals surface area (Å²) in [6.07, 6.45) is 1.49. The number of nitrogens with zero attached hydrogens (tertiary/aromatic N) is 5. The highest BCUT2D eigenvalue weighted by Gasteiger charge is 2.16. The van der Waals surface area contributed by atoms with Gasteiger partial charge in [-0.25, -0.2) is 13.2 Å². The monoisotopic (exact) mass is 395 g/mol. The van der Waals surface area contributed by atoms with Crippen LogP contribution in [0.3, 0.4) is 0 Å². The van der Waals surface area contributed by atoms with Gasteiger partial charge in [-0.2, -0.15) is 4.98 Å². The molecule has 0 fully saturated rings. The molecule has 0 aliphatic rings. The van der Waals surface area contributed by atoms with Gasteiger partial charge in [0.15, 0.2) is 0 Å². The summed E-state index contributed by atoms with van der Waals surface area (Å²) in [5, 5.41) is 8.34. The molecule has 0 radical (unpaired) electrons. The van der Waals surface area contributed by atoms with Crippen LogP contribution in [-0.4, -0.2) is 33.3 Å². The van der Waals surface area contributed by atoms with E-state index >= 15 is 0 Å². The topological polar surface area (TPSA) is 46.3 Å². The molecule has 5 nitrogen and oxygen atoms in total. The van der Waals surface area contributed by atoms with E-state index in [1.165, 1.54) is 30.6 Å². The van der Waals surface area contributed by atoms with Crippen LogP contribution in [0, 0.1) is 29.4 Å². The Morgan fingerprint density at radius 1 is 1.14 bits per heavy atom. The molecule has 4 rings (SSSR count). The maximum atomic E-state index is 14.2. The van der Waals surface area contributed by atoms with Gasteiger partial charge in [-0.3, -0.25) is 4.40 Å². The summed E-state index contributed by atoms with van der Waals surface area (Å²) in [5.41, 5.74) is 1.53. The van der Waals surface area contributed by atoms with Crippen molar-refractivity contribution in [3.63, 3.8) is 0 Å². The minimum atomic E-state index is -0.574. The zero-order chi connectivity index (χ0) is 20.5. The molecular weight excluding hydrogens is 379 g/mol. The predicted molar refractivity (Wildman–Crippen MR) is 105 cm³/mol. The number of rotatable bonds is 3. The molecule has 0 aliphatic heterocycles. The van der Waals surface area contributed by atoms with Crippen LogP contribution in [0.2, 0.25) is 0 Å². The Hall–Kier alpha value is -3.60. The van der Waals surface area contributed by atoms with Crippen molar-refractivity contribution >= 4 is 28.2 Å². The van der Waals surface area contributed by atoms with Crippen LogP contribution in [0.15, 0.2) is 42.7 Å². The van der Waals surface area contributed by atoms with Crippen molar-refractivity contribution in [3.05, 3.63) is 59.9 Å². The molecule has 146 valence electrons. The molecule has 1 unspecified atom stereocenters. The van der Waals surface area contributed by atoms with Crippen molar-refractivity contribution in [2.75, 3.05) is 18.6 Å². The smallest absolute Gasteiger partial charge is 0.257 e. The second-order valence-corrected chi connectivity index (χ2v) is 6.68. The lowest BCUT2D eigenvalue weighted by Crippen LogP contribution is -2.13. The van der Waals surface area contributed by atoms with E-state index in [1.54, 1.807) is 35.4 Å². The van der Waals surface area contributed by atoms with Crippen LogP contribution in [-0.2, 0) is 0 Å². The van der Waals surface area contributed by atoms with Crippen LogP contribution in [0.4, 0.5) is 24.7 Å². The molecule has 0 aliphatic carbocycles. The van der Waals surface area contributed by atoms with Crippen LogP contribution in [0.25, 0.3) is 16.7 Å². The molecule has 0 amide bonds. The molecule has 8 heteroatoms. The molecule has 0 spiro atoms. The number of hydrogen-bond acceptors (Lipinski definition) is 4. The number of anilines is 2. The fourth-order valence-corrected chi connectivity index (χ4v) is 2.99. The SMILES string of the molecule is CC(C#Cc1cc(F)cc(N(C)c2nc3nncn3c3ccc(F)cc23)c1)CF. The molecule has 2 aromatic carbocycles. The van der Waals surface area contributed by atoms with Gasteiger partial charge in [0.25, 0.3) is 5.78 Å². The van der Waals surface area contributed by atoms with Crippen LogP contribution in [0.1, 0.15) is 12.5 Å². The normalized spacial score (nSPS) is 12.0. The van der Waals surface area contributed by atoms with E-state index in [0.717, 1.165) is 0 Å². The Labute approximate surface area is 164 Å². The average molecular weight is 395 g/mol. The Balaban J connectivity index is 1.86. The second-order valence-electron chi connectivity index (χ2n) is 6.68. The third-order valence-corrected chi connectivity index (χ3v) is 4.48. The van der Waals surface area contributed by atoms with Gasteiger partial charge in [0.2, 0.25) is 0 Å². The summed E-state index contributed by atoms with van der Waals surface area (Å²) in [7, 11) is 1.69. The summed E-state index contributed by atoms with van der Waals surface area (Å²) in [5.74, 6) is 4.90. The lowest BCUT2D eigenvalue weighted by atomic mass is 10.1. The van der Waals surface area contributed by atoms with Crippen LogP contribution < -0.4 is 4.90 Å². The first-order valence-corrected chi connectivity index (χ1v) is 8.87. The van der Waals surface area contributed by atoms with E-state index in [2.05, 4.69) is 27.0 Å². The van der Waals surface area contributed by atoms with Crippen molar-refractivity contribution in [2.45, 2.75) is 6.92 Å². The van der Waals surface area contributed by atoms with E-state index in [0.29, 0.717) is 33.7 Å². The number of fused-ring (bicyclic) bond motifs is 3. The Kier molecular flexibility index (Phi) is 4.80. The number of benzene rings is 2. The van der Waals surface area contributed by atoms with Gasteiger partial charge >= 0.3 is 0 Å². The lowest BCUT2D eigenvalue weighted by Gasteiger charge is -2.21. The molecule has 2 heterocycles. The fraction of sp³-hybridized carbons (Fsp3) is 0.190. The number of hydrogen-bond donors (Lipinski definition) is 0. The van der Waals surface area contributed by atoms with E-state index < -0.39 is 24.2 Å². The molecule has 0 saturated carbocycles. The van der Waals surface area contributed by atoms with Crippen molar-refractivity contribution in [2.24, 2.45) is 5.92 Å².